The lowest BCUT2D eigenvalue weighted by Crippen LogP contribution is -2.08. The fraction of sp³-hybridized carbons (Fsp3) is 0.154. The van der Waals surface area contributed by atoms with E-state index in [9.17, 15) is 4.79 Å². The van der Waals surface area contributed by atoms with Gasteiger partial charge < -0.3 is 5.11 Å². The Labute approximate surface area is 120 Å². The van der Waals surface area contributed by atoms with Crippen LogP contribution < -0.4 is 0 Å². The molecule has 0 fully saturated rings. The highest BCUT2D eigenvalue weighted by Gasteiger charge is 2.13. The first-order valence-electron chi connectivity index (χ1n) is 5.46. The Kier molecular flexibility index (Phi) is 4.02. The van der Waals surface area contributed by atoms with Crippen molar-refractivity contribution in [3.63, 3.8) is 0 Å². The zero-order valence-corrected chi connectivity index (χ0v) is 11.5. The molecule has 0 aliphatic rings. The van der Waals surface area contributed by atoms with E-state index in [0.29, 0.717) is 27.7 Å². The molecule has 4 nitrogen and oxygen atoms in total. The zero-order chi connectivity index (χ0) is 14.0. The zero-order valence-electron chi connectivity index (χ0n) is 10.0. The van der Waals surface area contributed by atoms with Crippen molar-refractivity contribution in [3.05, 3.63) is 57.1 Å². The number of carbonyl (C=O) groups is 1. The van der Waals surface area contributed by atoms with E-state index in [-0.39, 0.29) is 5.69 Å². The molecule has 0 amide bonds. The SMILES string of the molecule is Cc1c(Cc2ccc(Cl)c(Cl)c2)ncnc1C(=O)O. The minimum Gasteiger partial charge on any atom is -0.477 e. The maximum Gasteiger partial charge on any atom is 0.354 e. The average molecular weight is 297 g/mol. The Morgan fingerprint density at radius 1 is 1.26 bits per heavy atom. The third-order valence-electron chi connectivity index (χ3n) is 2.75. The second kappa shape index (κ2) is 5.55. The minimum absolute atomic E-state index is 0.0186. The van der Waals surface area contributed by atoms with Crippen molar-refractivity contribution in [1.29, 1.82) is 0 Å². The van der Waals surface area contributed by atoms with E-state index in [2.05, 4.69) is 9.97 Å². The van der Waals surface area contributed by atoms with Gasteiger partial charge in [-0.25, -0.2) is 14.8 Å². The summed E-state index contributed by atoms with van der Waals surface area (Å²) < 4.78 is 0. The van der Waals surface area contributed by atoms with Crippen molar-refractivity contribution >= 4 is 29.2 Å². The summed E-state index contributed by atoms with van der Waals surface area (Å²) in [5.74, 6) is -1.06. The monoisotopic (exact) mass is 296 g/mol. The van der Waals surface area contributed by atoms with Crippen LogP contribution in [0.5, 0.6) is 0 Å². The largest absolute Gasteiger partial charge is 0.477 e. The lowest BCUT2D eigenvalue weighted by atomic mass is 10.0. The highest BCUT2D eigenvalue weighted by atomic mass is 35.5. The number of halogens is 2. The summed E-state index contributed by atoms with van der Waals surface area (Å²) in [5.41, 5.74) is 2.14. The summed E-state index contributed by atoms with van der Waals surface area (Å²) >= 11 is 11.8. The van der Waals surface area contributed by atoms with Gasteiger partial charge in [-0.05, 0) is 24.6 Å². The molecule has 0 unspecified atom stereocenters. The summed E-state index contributed by atoms with van der Waals surface area (Å²) in [6, 6.07) is 5.27. The fourth-order valence-corrected chi connectivity index (χ4v) is 2.04. The summed E-state index contributed by atoms with van der Waals surface area (Å²) in [5, 5.41) is 9.95. The molecule has 98 valence electrons. The van der Waals surface area contributed by atoms with Crippen molar-refractivity contribution < 1.29 is 9.90 Å². The van der Waals surface area contributed by atoms with E-state index in [1.165, 1.54) is 6.33 Å². The Morgan fingerprint density at radius 3 is 2.63 bits per heavy atom. The van der Waals surface area contributed by atoms with Crippen LogP contribution in [0.15, 0.2) is 24.5 Å². The fourth-order valence-electron chi connectivity index (χ4n) is 1.72. The normalized spacial score (nSPS) is 10.5. The Morgan fingerprint density at radius 2 is 2.00 bits per heavy atom. The first-order chi connectivity index (χ1) is 8.99. The van der Waals surface area contributed by atoms with Gasteiger partial charge in [0, 0.05) is 12.0 Å². The van der Waals surface area contributed by atoms with Gasteiger partial charge in [0.25, 0.3) is 0 Å². The number of aromatic nitrogens is 2. The topological polar surface area (TPSA) is 63.1 Å². The smallest absolute Gasteiger partial charge is 0.354 e. The molecule has 2 aromatic rings. The van der Waals surface area contributed by atoms with Crippen LogP contribution in [0.2, 0.25) is 10.0 Å². The summed E-state index contributed by atoms with van der Waals surface area (Å²) in [7, 11) is 0. The van der Waals surface area contributed by atoms with Gasteiger partial charge in [-0.1, -0.05) is 29.3 Å². The molecule has 1 heterocycles. The second-order valence-corrected chi connectivity index (χ2v) is 4.84. The number of rotatable bonds is 3. The number of nitrogens with zero attached hydrogens (tertiary/aromatic N) is 2. The van der Waals surface area contributed by atoms with Crippen LogP contribution in [0.4, 0.5) is 0 Å². The maximum atomic E-state index is 11.0. The molecule has 0 saturated heterocycles. The van der Waals surface area contributed by atoms with Gasteiger partial charge in [0.05, 0.1) is 15.7 Å². The van der Waals surface area contributed by atoms with Crippen LogP contribution in [-0.4, -0.2) is 21.0 Å². The Hall–Kier alpha value is -1.65. The van der Waals surface area contributed by atoms with Gasteiger partial charge in [0.2, 0.25) is 0 Å². The third-order valence-corrected chi connectivity index (χ3v) is 3.49. The van der Waals surface area contributed by atoms with Crippen molar-refractivity contribution in [2.45, 2.75) is 13.3 Å². The number of hydrogen-bond acceptors (Lipinski definition) is 3. The molecular weight excluding hydrogens is 287 g/mol. The number of aromatic carboxylic acids is 1. The van der Waals surface area contributed by atoms with Crippen molar-refractivity contribution in [3.8, 4) is 0 Å². The van der Waals surface area contributed by atoms with Gasteiger partial charge in [-0.15, -0.1) is 0 Å². The van der Waals surface area contributed by atoms with Gasteiger partial charge in [0.15, 0.2) is 5.69 Å². The molecule has 0 radical (unpaired) electrons. The second-order valence-electron chi connectivity index (χ2n) is 4.02. The summed E-state index contributed by atoms with van der Waals surface area (Å²) in [6.45, 7) is 1.69. The highest BCUT2D eigenvalue weighted by Crippen LogP contribution is 2.24. The Balaban J connectivity index is 2.35. The molecule has 0 aliphatic heterocycles. The van der Waals surface area contributed by atoms with Crippen LogP contribution in [0, 0.1) is 6.92 Å². The molecule has 1 N–H and O–H groups in total. The highest BCUT2D eigenvalue weighted by molar-refractivity contribution is 6.42. The molecule has 0 atom stereocenters. The predicted octanol–water partition coefficient (Wildman–Crippen LogP) is 3.38. The van der Waals surface area contributed by atoms with Crippen LogP contribution >= 0.6 is 23.2 Å². The number of hydrogen-bond donors (Lipinski definition) is 1. The van der Waals surface area contributed by atoms with E-state index in [4.69, 9.17) is 28.3 Å². The number of carboxylic acid groups (broad SMARTS) is 1. The molecule has 0 aliphatic carbocycles. The van der Waals surface area contributed by atoms with Gasteiger partial charge in [-0.2, -0.15) is 0 Å². The quantitative estimate of drug-likeness (QED) is 0.943. The molecule has 1 aromatic carbocycles. The number of benzene rings is 1. The molecule has 6 heteroatoms. The molecule has 0 spiro atoms. The standard InChI is InChI=1S/C13H10Cl2N2O2/c1-7-11(16-6-17-12(7)13(18)19)5-8-2-3-9(14)10(15)4-8/h2-4,6H,5H2,1H3,(H,18,19). The van der Waals surface area contributed by atoms with Crippen molar-refractivity contribution in [2.24, 2.45) is 0 Å². The van der Waals surface area contributed by atoms with E-state index >= 15 is 0 Å². The minimum atomic E-state index is -1.06. The Bertz CT molecular complexity index is 645. The van der Waals surface area contributed by atoms with Crippen LogP contribution in [0.25, 0.3) is 0 Å². The molecular formula is C13H10Cl2N2O2. The molecule has 0 bridgehead atoms. The van der Waals surface area contributed by atoms with Gasteiger partial charge >= 0.3 is 5.97 Å². The first kappa shape index (κ1) is 13.8. The van der Waals surface area contributed by atoms with E-state index in [1.54, 1.807) is 19.1 Å². The number of carboxylic acids is 1. The van der Waals surface area contributed by atoms with E-state index < -0.39 is 5.97 Å². The van der Waals surface area contributed by atoms with E-state index in [1.807, 2.05) is 6.07 Å². The van der Waals surface area contributed by atoms with Gasteiger partial charge in [0.1, 0.15) is 6.33 Å². The lowest BCUT2D eigenvalue weighted by Gasteiger charge is -2.07. The van der Waals surface area contributed by atoms with Crippen molar-refractivity contribution in [1.82, 2.24) is 9.97 Å². The van der Waals surface area contributed by atoms with Crippen LogP contribution in [0.3, 0.4) is 0 Å². The van der Waals surface area contributed by atoms with Crippen molar-refractivity contribution in [2.75, 3.05) is 0 Å². The maximum absolute atomic E-state index is 11.0. The summed E-state index contributed by atoms with van der Waals surface area (Å²) in [6.07, 6.45) is 1.73. The first-order valence-corrected chi connectivity index (χ1v) is 6.22. The molecule has 19 heavy (non-hydrogen) atoms. The van der Waals surface area contributed by atoms with Crippen LogP contribution in [0.1, 0.15) is 27.3 Å². The summed E-state index contributed by atoms with van der Waals surface area (Å²) in [4.78, 5) is 18.9. The molecule has 2 rings (SSSR count). The third kappa shape index (κ3) is 3.03. The average Bonchev–Trinajstić information content (AvgIpc) is 2.36. The van der Waals surface area contributed by atoms with Gasteiger partial charge in [-0.3, -0.25) is 0 Å². The van der Waals surface area contributed by atoms with Crippen LogP contribution in [-0.2, 0) is 6.42 Å². The predicted molar refractivity (Wildman–Crippen MR) is 73.0 cm³/mol. The molecule has 1 aromatic heterocycles. The van der Waals surface area contributed by atoms with E-state index in [0.717, 1.165) is 5.56 Å². The lowest BCUT2D eigenvalue weighted by molar-refractivity contribution is 0.0689. The molecule has 0 saturated carbocycles.